The summed E-state index contributed by atoms with van der Waals surface area (Å²) in [5.41, 5.74) is 4.06. The summed E-state index contributed by atoms with van der Waals surface area (Å²) in [5.74, 6) is 1.89. The first-order valence-electron chi connectivity index (χ1n) is 14.5. The molecular weight excluding hydrogens is 524 g/mol. The molecule has 0 N–H and O–H groups in total. The zero-order chi connectivity index (χ0) is 28.3. The summed E-state index contributed by atoms with van der Waals surface area (Å²) in [6.07, 6.45) is 0. The highest BCUT2D eigenvalue weighted by atomic mass is 15.2. The normalized spacial score (nSPS) is 11.7. The van der Waals surface area contributed by atoms with Crippen molar-refractivity contribution < 1.29 is 0 Å². The lowest BCUT2D eigenvalue weighted by Gasteiger charge is -2.14. The number of hydrogen-bond donors (Lipinski definition) is 0. The topological polar surface area (TPSA) is 43.6 Å². The van der Waals surface area contributed by atoms with Crippen LogP contribution in [0.2, 0.25) is 0 Å². The lowest BCUT2D eigenvalue weighted by molar-refractivity contribution is 0.955. The third-order valence-corrected chi connectivity index (χ3v) is 8.41. The smallest absolute Gasteiger partial charge is 0.238 e. The monoisotopic (exact) mass is 548 g/mol. The minimum absolute atomic E-state index is 0.601. The fraction of sp³-hybridized carbons (Fsp3) is 0. The molecule has 0 bridgehead atoms. The van der Waals surface area contributed by atoms with Gasteiger partial charge in [-0.05, 0) is 33.0 Å². The minimum Gasteiger partial charge on any atom is -0.277 e. The van der Waals surface area contributed by atoms with E-state index >= 15 is 0 Å². The molecular formula is C39H24N4. The molecule has 7 aromatic carbocycles. The Balaban J connectivity index is 1.49. The van der Waals surface area contributed by atoms with Crippen molar-refractivity contribution in [3.05, 3.63) is 146 Å². The molecule has 43 heavy (non-hydrogen) atoms. The van der Waals surface area contributed by atoms with Crippen LogP contribution in [0.15, 0.2) is 146 Å². The number of fused-ring (bicyclic) bond motifs is 10. The highest BCUT2D eigenvalue weighted by Gasteiger charge is 2.22. The van der Waals surface area contributed by atoms with Gasteiger partial charge in [-0.25, -0.2) is 4.98 Å². The van der Waals surface area contributed by atoms with Gasteiger partial charge >= 0.3 is 0 Å². The Bertz CT molecular complexity index is 2440. The Morgan fingerprint density at radius 2 is 0.930 bits per heavy atom. The van der Waals surface area contributed by atoms with Crippen LogP contribution in [-0.4, -0.2) is 19.5 Å². The average Bonchev–Trinajstić information content (AvgIpc) is 3.44. The van der Waals surface area contributed by atoms with Gasteiger partial charge in [0.25, 0.3) is 0 Å². The SMILES string of the molecule is c1ccc(-c2nc(-c3ccccc3)nc(-n3c4ccccc4c4c5ccc6ccccc6c5c5ccccc5c43)n2)cc1. The Kier molecular flexibility index (Phi) is 5.16. The maximum Gasteiger partial charge on any atom is 0.238 e. The number of para-hydroxylation sites is 1. The second-order valence-electron chi connectivity index (χ2n) is 10.8. The largest absolute Gasteiger partial charge is 0.277 e. The average molecular weight is 549 g/mol. The van der Waals surface area contributed by atoms with Crippen LogP contribution in [0, 0.1) is 0 Å². The van der Waals surface area contributed by atoms with E-state index in [4.69, 9.17) is 15.0 Å². The summed E-state index contributed by atoms with van der Waals surface area (Å²) in [5, 5.41) is 9.75. The van der Waals surface area contributed by atoms with Crippen LogP contribution in [-0.2, 0) is 0 Å². The van der Waals surface area contributed by atoms with Crippen LogP contribution in [0.1, 0.15) is 0 Å². The van der Waals surface area contributed by atoms with Crippen molar-refractivity contribution in [1.29, 1.82) is 0 Å². The lowest BCUT2D eigenvalue weighted by Crippen LogP contribution is -2.06. The maximum absolute atomic E-state index is 5.15. The molecule has 0 atom stereocenters. The van der Waals surface area contributed by atoms with Crippen molar-refractivity contribution in [3.8, 4) is 28.7 Å². The van der Waals surface area contributed by atoms with Gasteiger partial charge in [-0.2, -0.15) is 9.97 Å². The van der Waals surface area contributed by atoms with Crippen molar-refractivity contribution >= 4 is 54.1 Å². The van der Waals surface area contributed by atoms with E-state index in [1.54, 1.807) is 0 Å². The molecule has 0 amide bonds. The Labute approximate surface area is 247 Å². The van der Waals surface area contributed by atoms with Crippen LogP contribution >= 0.6 is 0 Å². The van der Waals surface area contributed by atoms with Gasteiger partial charge in [0, 0.05) is 27.3 Å². The number of nitrogens with zero attached hydrogens (tertiary/aromatic N) is 4. The van der Waals surface area contributed by atoms with Crippen LogP contribution in [0.25, 0.3) is 82.8 Å². The van der Waals surface area contributed by atoms with Crippen molar-refractivity contribution in [1.82, 2.24) is 19.5 Å². The first kappa shape index (κ1) is 23.8. The van der Waals surface area contributed by atoms with E-state index in [-0.39, 0.29) is 0 Å². The van der Waals surface area contributed by atoms with Gasteiger partial charge in [0.05, 0.1) is 11.0 Å². The summed E-state index contributed by atoms with van der Waals surface area (Å²) >= 11 is 0. The molecule has 0 saturated carbocycles. The molecule has 0 saturated heterocycles. The molecule has 4 nitrogen and oxygen atoms in total. The van der Waals surface area contributed by atoms with E-state index in [1.165, 1.54) is 43.1 Å². The predicted octanol–water partition coefficient (Wildman–Crippen LogP) is 9.76. The van der Waals surface area contributed by atoms with Gasteiger partial charge in [-0.1, -0.05) is 140 Å². The van der Waals surface area contributed by atoms with Crippen molar-refractivity contribution in [3.63, 3.8) is 0 Å². The van der Waals surface area contributed by atoms with E-state index in [0.717, 1.165) is 22.2 Å². The third kappa shape index (κ3) is 3.60. The summed E-state index contributed by atoms with van der Waals surface area (Å²) in [4.78, 5) is 15.3. The second kappa shape index (κ2) is 9.33. The molecule has 0 aliphatic carbocycles. The van der Waals surface area contributed by atoms with E-state index in [9.17, 15) is 0 Å². The standard InChI is InChI=1S/C39H24N4/c1-3-14-26(15-4-1)37-40-38(27-16-5-2-6-17-27)42-39(41-37)43-33-22-12-11-21-31(33)35-32-24-23-25-13-7-8-18-28(25)34(32)29-19-9-10-20-30(29)36(35)43/h1-24H. The molecule has 200 valence electrons. The Morgan fingerprint density at radius 1 is 0.372 bits per heavy atom. The zero-order valence-corrected chi connectivity index (χ0v) is 23.1. The second-order valence-corrected chi connectivity index (χ2v) is 10.8. The van der Waals surface area contributed by atoms with E-state index in [0.29, 0.717) is 17.6 Å². The van der Waals surface area contributed by atoms with Crippen LogP contribution < -0.4 is 0 Å². The number of rotatable bonds is 3. The van der Waals surface area contributed by atoms with Crippen LogP contribution in [0.3, 0.4) is 0 Å². The summed E-state index contributed by atoms with van der Waals surface area (Å²) in [7, 11) is 0. The zero-order valence-electron chi connectivity index (χ0n) is 23.1. The fourth-order valence-electron chi connectivity index (χ4n) is 6.55. The highest BCUT2D eigenvalue weighted by Crippen LogP contribution is 2.44. The molecule has 4 heteroatoms. The van der Waals surface area contributed by atoms with Crippen molar-refractivity contribution in [2.45, 2.75) is 0 Å². The third-order valence-electron chi connectivity index (χ3n) is 8.41. The molecule has 9 rings (SSSR count). The van der Waals surface area contributed by atoms with Crippen molar-refractivity contribution in [2.24, 2.45) is 0 Å². The van der Waals surface area contributed by atoms with Gasteiger partial charge in [0.15, 0.2) is 11.6 Å². The van der Waals surface area contributed by atoms with Gasteiger partial charge < -0.3 is 0 Å². The number of aromatic nitrogens is 4. The van der Waals surface area contributed by atoms with E-state index < -0.39 is 0 Å². The summed E-state index contributed by atoms with van der Waals surface area (Å²) < 4.78 is 2.24. The molecule has 2 heterocycles. The molecule has 0 radical (unpaired) electrons. The first-order chi connectivity index (χ1) is 21.3. The Hall–Kier alpha value is -5.87. The van der Waals surface area contributed by atoms with Crippen molar-refractivity contribution in [2.75, 3.05) is 0 Å². The predicted molar refractivity (Wildman–Crippen MR) is 178 cm³/mol. The molecule has 0 fully saturated rings. The minimum atomic E-state index is 0.601. The number of benzene rings is 7. The quantitative estimate of drug-likeness (QED) is 0.206. The summed E-state index contributed by atoms with van der Waals surface area (Å²) in [6.45, 7) is 0. The molecule has 2 aromatic heterocycles. The van der Waals surface area contributed by atoms with E-state index in [1.807, 2.05) is 60.7 Å². The van der Waals surface area contributed by atoms with Crippen LogP contribution in [0.4, 0.5) is 0 Å². The highest BCUT2D eigenvalue weighted by molar-refractivity contribution is 6.36. The number of hydrogen-bond acceptors (Lipinski definition) is 3. The summed E-state index contributed by atoms with van der Waals surface area (Å²) in [6, 6.07) is 50.8. The van der Waals surface area contributed by atoms with Gasteiger partial charge in [0.1, 0.15) is 0 Å². The molecule has 0 aliphatic heterocycles. The van der Waals surface area contributed by atoms with Gasteiger partial charge in [0.2, 0.25) is 5.95 Å². The lowest BCUT2D eigenvalue weighted by atomic mass is 9.93. The maximum atomic E-state index is 5.15. The molecule has 9 aromatic rings. The fourth-order valence-corrected chi connectivity index (χ4v) is 6.55. The van der Waals surface area contributed by atoms with Gasteiger partial charge in [-0.3, -0.25) is 4.57 Å². The molecule has 0 aliphatic rings. The molecule has 0 spiro atoms. The first-order valence-corrected chi connectivity index (χ1v) is 14.5. The Morgan fingerprint density at radius 3 is 1.63 bits per heavy atom. The molecule has 0 unspecified atom stereocenters. The van der Waals surface area contributed by atoms with Gasteiger partial charge in [-0.15, -0.1) is 0 Å². The van der Waals surface area contributed by atoms with Crippen LogP contribution in [0.5, 0.6) is 0 Å². The van der Waals surface area contributed by atoms with E-state index in [2.05, 4.69) is 89.5 Å².